The van der Waals surface area contributed by atoms with Gasteiger partial charge in [-0.25, -0.2) is 0 Å². The van der Waals surface area contributed by atoms with Gasteiger partial charge in [-0.05, 0) is 18.5 Å². The zero-order chi connectivity index (χ0) is 7.56. The summed E-state index contributed by atoms with van der Waals surface area (Å²) in [5.74, 6) is 1.46. The van der Waals surface area contributed by atoms with Gasteiger partial charge in [0.15, 0.2) is 0 Å². The van der Waals surface area contributed by atoms with Crippen LogP contribution in [0.5, 0.6) is 5.88 Å². The van der Waals surface area contributed by atoms with Gasteiger partial charge >= 0.3 is 0 Å². The average Bonchev–Trinajstić information content (AvgIpc) is 2.30. The predicted molar refractivity (Wildman–Crippen MR) is 37.2 cm³/mol. The third-order valence-corrected chi connectivity index (χ3v) is 1.50. The minimum atomic E-state index is 0.611. The highest BCUT2D eigenvalue weighted by atomic mass is 16.5. The summed E-state index contributed by atoms with van der Waals surface area (Å²) in [5.41, 5.74) is 1.06. The molecule has 0 radical (unpaired) electrons. The second-order valence-corrected chi connectivity index (χ2v) is 2.08. The number of aryl methyl sites for hydroxylation is 1. The Morgan fingerprint density at radius 2 is 2.30 bits per heavy atom. The quantitative estimate of drug-likeness (QED) is 0.626. The Labute approximate surface area is 60.0 Å². The van der Waals surface area contributed by atoms with Crippen LogP contribution in [0.25, 0.3) is 0 Å². The molecule has 0 atom stereocenters. The van der Waals surface area contributed by atoms with Crippen LogP contribution in [0.2, 0.25) is 0 Å². The maximum atomic E-state index is 4.95. The second kappa shape index (κ2) is 2.73. The van der Waals surface area contributed by atoms with E-state index < -0.39 is 0 Å². The van der Waals surface area contributed by atoms with E-state index in [-0.39, 0.29) is 0 Å². The summed E-state index contributed by atoms with van der Waals surface area (Å²) in [6, 6.07) is 0. The molecule has 10 heavy (non-hydrogen) atoms. The van der Waals surface area contributed by atoms with E-state index >= 15 is 0 Å². The molecular weight excluding hydrogens is 130 g/mol. The Kier molecular flexibility index (Phi) is 1.94. The van der Waals surface area contributed by atoms with E-state index in [4.69, 9.17) is 9.26 Å². The zero-order valence-electron chi connectivity index (χ0n) is 6.47. The second-order valence-electron chi connectivity index (χ2n) is 2.08. The lowest BCUT2D eigenvalue weighted by atomic mass is 10.2. The minimum absolute atomic E-state index is 0.611. The van der Waals surface area contributed by atoms with Crippen molar-refractivity contribution in [1.29, 1.82) is 0 Å². The molecule has 0 aliphatic carbocycles. The number of aromatic nitrogens is 1. The molecule has 0 fully saturated rings. The van der Waals surface area contributed by atoms with Crippen molar-refractivity contribution in [3.05, 3.63) is 11.3 Å². The third kappa shape index (κ3) is 0.988. The Hall–Kier alpha value is -0.990. The number of nitrogens with zero attached hydrogens (tertiary/aromatic N) is 1. The van der Waals surface area contributed by atoms with Crippen LogP contribution in [0.15, 0.2) is 4.52 Å². The Bertz CT molecular complexity index is 217. The van der Waals surface area contributed by atoms with Crippen molar-refractivity contribution >= 4 is 0 Å². The van der Waals surface area contributed by atoms with E-state index in [0.717, 1.165) is 17.7 Å². The fourth-order valence-electron chi connectivity index (χ4n) is 0.931. The number of hydrogen-bond acceptors (Lipinski definition) is 3. The molecule has 0 amide bonds. The number of hydrogen-bond donors (Lipinski definition) is 0. The lowest BCUT2D eigenvalue weighted by Gasteiger charge is -1.93. The van der Waals surface area contributed by atoms with Crippen molar-refractivity contribution < 1.29 is 9.26 Å². The Morgan fingerprint density at radius 3 is 2.70 bits per heavy atom. The molecule has 1 heterocycles. The first-order valence-electron chi connectivity index (χ1n) is 3.28. The standard InChI is InChI=1S/C7H11NO2/c1-4-6-5(2)10-8-7(6)9-3/h4H2,1-3H3. The maximum Gasteiger partial charge on any atom is 0.257 e. The summed E-state index contributed by atoms with van der Waals surface area (Å²) < 4.78 is 9.85. The average molecular weight is 141 g/mol. The SMILES string of the molecule is CCc1c(OC)noc1C. The molecule has 0 spiro atoms. The first kappa shape index (κ1) is 7.12. The van der Waals surface area contributed by atoms with E-state index in [2.05, 4.69) is 5.16 Å². The molecule has 0 bridgehead atoms. The lowest BCUT2D eigenvalue weighted by molar-refractivity contribution is 0.331. The van der Waals surface area contributed by atoms with Crippen molar-refractivity contribution in [2.45, 2.75) is 20.3 Å². The highest BCUT2D eigenvalue weighted by Crippen LogP contribution is 2.19. The van der Waals surface area contributed by atoms with Crippen molar-refractivity contribution in [3.8, 4) is 5.88 Å². The molecular formula is C7H11NO2. The molecule has 3 heteroatoms. The molecule has 0 aromatic carbocycles. The van der Waals surface area contributed by atoms with Crippen molar-refractivity contribution in [2.24, 2.45) is 0 Å². The monoisotopic (exact) mass is 141 g/mol. The fraction of sp³-hybridized carbons (Fsp3) is 0.571. The molecule has 0 aliphatic rings. The van der Waals surface area contributed by atoms with E-state index in [1.54, 1.807) is 7.11 Å². The smallest absolute Gasteiger partial charge is 0.257 e. The number of rotatable bonds is 2. The van der Waals surface area contributed by atoms with Crippen molar-refractivity contribution in [2.75, 3.05) is 7.11 Å². The summed E-state index contributed by atoms with van der Waals surface area (Å²) in [4.78, 5) is 0. The largest absolute Gasteiger partial charge is 0.479 e. The molecule has 1 aromatic rings. The van der Waals surface area contributed by atoms with Crippen LogP contribution in [0.4, 0.5) is 0 Å². The molecule has 0 aliphatic heterocycles. The molecule has 0 N–H and O–H groups in total. The molecule has 56 valence electrons. The molecule has 0 saturated carbocycles. The van der Waals surface area contributed by atoms with Crippen LogP contribution in [0.1, 0.15) is 18.2 Å². The van der Waals surface area contributed by atoms with Crippen LogP contribution in [0.3, 0.4) is 0 Å². The molecule has 0 saturated heterocycles. The van der Waals surface area contributed by atoms with Gasteiger partial charge in [-0.15, -0.1) is 0 Å². The normalized spacial score (nSPS) is 9.90. The van der Waals surface area contributed by atoms with Crippen LogP contribution in [0, 0.1) is 6.92 Å². The van der Waals surface area contributed by atoms with Crippen LogP contribution in [-0.2, 0) is 6.42 Å². The van der Waals surface area contributed by atoms with Gasteiger partial charge in [0.05, 0.1) is 12.7 Å². The summed E-state index contributed by atoms with van der Waals surface area (Å²) in [6.07, 6.45) is 0.901. The summed E-state index contributed by atoms with van der Waals surface area (Å²) in [6.45, 7) is 3.93. The van der Waals surface area contributed by atoms with Gasteiger partial charge in [-0.2, -0.15) is 0 Å². The highest BCUT2D eigenvalue weighted by Gasteiger charge is 2.09. The molecule has 3 nitrogen and oxygen atoms in total. The minimum Gasteiger partial charge on any atom is -0.479 e. The van der Waals surface area contributed by atoms with Gasteiger partial charge < -0.3 is 9.26 Å². The first-order valence-corrected chi connectivity index (χ1v) is 3.28. The molecule has 1 rings (SSSR count). The van der Waals surface area contributed by atoms with Gasteiger partial charge in [-0.1, -0.05) is 6.92 Å². The lowest BCUT2D eigenvalue weighted by Crippen LogP contribution is -1.87. The first-order chi connectivity index (χ1) is 4.79. The molecule has 0 unspecified atom stereocenters. The Balaban J connectivity index is 3.01. The maximum absolute atomic E-state index is 4.95. The number of methoxy groups -OCH3 is 1. The number of ether oxygens (including phenoxy) is 1. The van der Waals surface area contributed by atoms with Gasteiger partial charge in [-0.3, -0.25) is 0 Å². The summed E-state index contributed by atoms with van der Waals surface area (Å²) in [5, 5.41) is 3.71. The van der Waals surface area contributed by atoms with Crippen LogP contribution < -0.4 is 4.74 Å². The van der Waals surface area contributed by atoms with E-state index in [1.165, 1.54) is 0 Å². The van der Waals surface area contributed by atoms with Gasteiger partial charge in [0.1, 0.15) is 5.76 Å². The topological polar surface area (TPSA) is 35.3 Å². The zero-order valence-corrected chi connectivity index (χ0v) is 6.47. The van der Waals surface area contributed by atoms with Crippen LogP contribution in [-0.4, -0.2) is 12.3 Å². The van der Waals surface area contributed by atoms with E-state index in [9.17, 15) is 0 Å². The molecule has 1 aromatic heterocycles. The fourth-order valence-corrected chi connectivity index (χ4v) is 0.931. The van der Waals surface area contributed by atoms with Gasteiger partial charge in [0.2, 0.25) is 0 Å². The van der Waals surface area contributed by atoms with Gasteiger partial charge in [0, 0.05) is 0 Å². The summed E-state index contributed by atoms with van der Waals surface area (Å²) in [7, 11) is 1.59. The highest BCUT2D eigenvalue weighted by molar-refractivity contribution is 5.26. The van der Waals surface area contributed by atoms with Crippen molar-refractivity contribution in [1.82, 2.24) is 5.16 Å². The van der Waals surface area contributed by atoms with E-state index in [0.29, 0.717) is 5.88 Å². The third-order valence-electron chi connectivity index (χ3n) is 1.50. The Morgan fingerprint density at radius 1 is 1.60 bits per heavy atom. The summed E-state index contributed by atoms with van der Waals surface area (Å²) >= 11 is 0. The van der Waals surface area contributed by atoms with E-state index in [1.807, 2.05) is 13.8 Å². The van der Waals surface area contributed by atoms with Gasteiger partial charge in [0.25, 0.3) is 5.88 Å². The van der Waals surface area contributed by atoms with Crippen molar-refractivity contribution in [3.63, 3.8) is 0 Å². The predicted octanol–water partition coefficient (Wildman–Crippen LogP) is 1.55. The van der Waals surface area contributed by atoms with Crippen LogP contribution >= 0.6 is 0 Å².